The number of rotatable bonds is 10. The lowest BCUT2D eigenvalue weighted by Crippen LogP contribution is -2.47. The standard InChI is InChI=1S/C24H26N2O6/c1-2-31-17-10-8-16(9-11-17)18-14-24(18,23(29)30)26-22(28)20-19(32-20)21(27)25-13-12-15-6-4-3-5-7-15/h3-11,18-20H,2,12-14H2,1H3,(H,25,27)(H,26,28)(H,29,30)/t18?,19-,20-,24?/m0/s1. The Hall–Kier alpha value is -3.39. The van der Waals surface area contributed by atoms with E-state index in [1.807, 2.05) is 49.4 Å². The molecule has 2 unspecified atom stereocenters. The van der Waals surface area contributed by atoms with Crippen molar-refractivity contribution in [2.45, 2.75) is 43.4 Å². The zero-order valence-corrected chi connectivity index (χ0v) is 17.7. The average molecular weight is 438 g/mol. The largest absolute Gasteiger partial charge is 0.494 e. The third kappa shape index (κ3) is 4.60. The molecule has 8 heteroatoms. The maximum atomic E-state index is 12.6. The summed E-state index contributed by atoms with van der Waals surface area (Å²) in [6, 6.07) is 16.9. The lowest BCUT2D eigenvalue weighted by atomic mass is 10.1. The van der Waals surface area contributed by atoms with E-state index in [4.69, 9.17) is 9.47 Å². The minimum Gasteiger partial charge on any atom is -0.494 e. The number of carbonyl (C=O) groups is 3. The minimum atomic E-state index is -1.38. The van der Waals surface area contributed by atoms with Crippen LogP contribution in [0.2, 0.25) is 0 Å². The van der Waals surface area contributed by atoms with Gasteiger partial charge in [0.1, 0.15) is 11.3 Å². The van der Waals surface area contributed by atoms with E-state index >= 15 is 0 Å². The predicted molar refractivity (Wildman–Crippen MR) is 115 cm³/mol. The number of hydrogen-bond donors (Lipinski definition) is 3. The lowest BCUT2D eigenvalue weighted by molar-refractivity contribution is -0.143. The molecule has 0 radical (unpaired) electrons. The van der Waals surface area contributed by atoms with Gasteiger partial charge in [-0.15, -0.1) is 0 Å². The van der Waals surface area contributed by atoms with Crippen molar-refractivity contribution in [1.29, 1.82) is 0 Å². The highest BCUT2D eigenvalue weighted by Gasteiger charge is 2.64. The molecule has 2 aromatic carbocycles. The third-order valence-electron chi connectivity index (χ3n) is 5.85. The van der Waals surface area contributed by atoms with E-state index in [1.54, 1.807) is 12.1 Å². The summed E-state index contributed by atoms with van der Waals surface area (Å²) >= 11 is 0. The molecule has 2 aliphatic rings. The summed E-state index contributed by atoms with van der Waals surface area (Å²) in [6.07, 6.45) is -0.908. The van der Waals surface area contributed by atoms with Crippen molar-refractivity contribution in [3.8, 4) is 5.75 Å². The molecule has 2 amide bonds. The molecule has 3 N–H and O–H groups in total. The van der Waals surface area contributed by atoms with Gasteiger partial charge in [-0.25, -0.2) is 4.79 Å². The summed E-state index contributed by atoms with van der Waals surface area (Å²) in [5, 5.41) is 15.1. The first-order valence-corrected chi connectivity index (χ1v) is 10.7. The smallest absolute Gasteiger partial charge is 0.330 e. The first-order valence-electron chi connectivity index (χ1n) is 10.7. The highest BCUT2D eigenvalue weighted by Crippen LogP contribution is 2.52. The molecule has 2 fully saturated rings. The van der Waals surface area contributed by atoms with Gasteiger partial charge in [0.05, 0.1) is 6.61 Å². The highest BCUT2D eigenvalue weighted by atomic mass is 16.6. The van der Waals surface area contributed by atoms with Crippen LogP contribution in [0.15, 0.2) is 54.6 Å². The molecular weight excluding hydrogens is 412 g/mol. The Morgan fingerprint density at radius 3 is 2.41 bits per heavy atom. The second-order valence-electron chi connectivity index (χ2n) is 8.03. The van der Waals surface area contributed by atoms with Crippen molar-refractivity contribution < 1.29 is 29.0 Å². The number of ether oxygens (including phenoxy) is 2. The Labute approximate surface area is 185 Å². The molecule has 168 valence electrons. The molecule has 2 aromatic rings. The Balaban J connectivity index is 1.29. The van der Waals surface area contributed by atoms with E-state index in [9.17, 15) is 19.5 Å². The molecule has 0 bridgehead atoms. The van der Waals surface area contributed by atoms with Crippen molar-refractivity contribution in [1.82, 2.24) is 10.6 Å². The normalized spacial score (nSPS) is 25.5. The number of nitrogens with one attached hydrogen (secondary N) is 2. The molecule has 1 aliphatic heterocycles. The van der Waals surface area contributed by atoms with Gasteiger partial charge in [-0.2, -0.15) is 0 Å². The summed E-state index contributed by atoms with van der Waals surface area (Å²) in [4.78, 5) is 36.8. The van der Waals surface area contributed by atoms with Gasteiger partial charge < -0.3 is 25.2 Å². The van der Waals surface area contributed by atoms with E-state index in [1.165, 1.54) is 0 Å². The average Bonchev–Trinajstić information content (AvgIpc) is 3.70. The quantitative estimate of drug-likeness (QED) is 0.486. The molecular formula is C24H26N2O6. The van der Waals surface area contributed by atoms with Gasteiger partial charge in [0.2, 0.25) is 0 Å². The molecule has 0 aromatic heterocycles. The van der Waals surface area contributed by atoms with Crippen LogP contribution in [0.5, 0.6) is 5.75 Å². The Kier molecular flexibility index (Phi) is 6.14. The second-order valence-corrected chi connectivity index (χ2v) is 8.03. The molecule has 4 atom stereocenters. The summed E-state index contributed by atoms with van der Waals surface area (Å²) in [6.45, 7) is 2.85. The van der Waals surface area contributed by atoms with Gasteiger partial charge in [-0.1, -0.05) is 42.5 Å². The van der Waals surface area contributed by atoms with Crippen LogP contribution in [0.1, 0.15) is 30.4 Å². The van der Waals surface area contributed by atoms with Crippen molar-refractivity contribution in [2.75, 3.05) is 13.2 Å². The highest BCUT2D eigenvalue weighted by molar-refractivity contribution is 5.98. The van der Waals surface area contributed by atoms with Gasteiger partial charge in [0, 0.05) is 12.5 Å². The first-order chi connectivity index (χ1) is 15.4. The summed E-state index contributed by atoms with van der Waals surface area (Å²) in [5.41, 5.74) is 0.518. The van der Waals surface area contributed by atoms with Gasteiger partial charge in [-0.05, 0) is 43.0 Å². The number of benzene rings is 2. The Morgan fingerprint density at radius 1 is 1.06 bits per heavy atom. The van der Waals surface area contributed by atoms with Gasteiger partial charge in [0.25, 0.3) is 11.8 Å². The van der Waals surface area contributed by atoms with E-state index in [0.717, 1.165) is 11.1 Å². The zero-order chi connectivity index (χ0) is 22.7. The number of carbonyl (C=O) groups excluding carboxylic acids is 2. The second kappa shape index (κ2) is 9.00. The van der Waals surface area contributed by atoms with Crippen LogP contribution in [0.3, 0.4) is 0 Å². The monoisotopic (exact) mass is 438 g/mol. The summed E-state index contributed by atoms with van der Waals surface area (Å²) in [7, 11) is 0. The summed E-state index contributed by atoms with van der Waals surface area (Å²) < 4.78 is 10.7. The van der Waals surface area contributed by atoms with Crippen molar-refractivity contribution in [3.05, 3.63) is 65.7 Å². The maximum Gasteiger partial charge on any atom is 0.330 e. The van der Waals surface area contributed by atoms with Crippen LogP contribution in [0.4, 0.5) is 0 Å². The minimum absolute atomic E-state index is 0.280. The molecule has 4 rings (SSSR count). The van der Waals surface area contributed by atoms with Crippen molar-refractivity contribution in [2.24, 2.45) is 0 Å². The molecule has 1 saturated carbocycles. The lowest BCUT2D eigenvalue weighted by Gasteiger charge is -2.14. The number of carboxylic acids is 1. The van der Waals surface area contributed by atoms with E-state index in [0.29, 0.717) is 25.3 Å². The molecule has 0 spiro atoms. The van der Waals surface area contributed by atoms with Crippen LogP contribution in [-0.2, 0) is 25.5 Å². The van der Waals surface area contributed by atoms with Crippen LogP contribution in [0, 0.1) is 0 Å². The molecule has 1 saturated heterocycles. The topological polar surface area (TPSA) is 117 Å². The molecule has 8 nitrogen and oxygen atoms in total. The van der Waals surface area contributed by atoms with Crippen LogP contribution >= 0.6 is 0 Å². The van der Waals surface area contributed by atoms with Crippen molar-refractivity contribution in [3.63, 3.8) is 0 Å². The van der Waals surface area contributed by atoms with Gasteiger partial charge in [0.15, 0.2) is 12.2 Å². The Morgan fingerprint density at radius 2 is 1.75 bits per heavy atom. The summed E-state index contributed by atoms with van der Waals surface area (Å²) in [5.74, 6) is -1.70. The zero-order valence-electron chi connectivity index (χ0n) is 17.7. The van der Waals surface area contributed by atoms with E-state index in [-0.39, 0.29) is 18.2 Å². The van der Waals surface area contributed by atoms with Gasteiger partial charge in [-0.3, -0.25) is 9.59 Å². The van der Waals surface area contributed by atoms with Gasteiger partial charge >= 0.3 is 5.97 Å². The van der Waals surface area contributed by atoms with Crippen LogP contribution < -0.4 is 15.4 Å². The number of hydrogen-bond acceptors (Lipinski definition) is 5. The SMILES string of the molecule is CCOc1ccc(C2CC2(NC(=O)[C@H]2O[C@@H]2C(=O)NCCc2ccccc2)C(=O)O)cc1. The molecule has 1 aliphatic carbocycles. The molecule has 1 heterocycles. The Bertz CT molecular complexity index is 993. The number of carboxylic acid groups (broad SMARTS) is 1. The number of epoxide rings is 1. The third-order valence-corrected chi connectivity index (χ3v) is 5.85. The van der Waals surface area contributed by atoms with E-state index in [2.05, 4.69) is 10.6 Å². The van der Waals surface area contributed by atoms with Crippen molar-refractivity contribution >= 4 is 17.8 Å². The first kappa shape index (κ1) is 21.8. The van der Waals surface area contributed by atoms with E-state index < -0.39 is 29.6 Å². The maximum absolute atomic E-state index is 12.6. The van der Waals surface area contributed by atoms with Crippen LogP contribution in [-0.4, -0.2) is 53.8 Å². The molecule has 32 heavy (non-hydrogen) atoms. The fourth-order valence-corrected chi connectivity index (χ4v) is 3.93. The number of amides is 2. The number of aliphatic carboxylic acids is 1. The fourth-order valence-electron chi connectivity index (χ4n) is 3.93. The predicted octanol–water partition coefficient (Wildman–Crippen LogP) is 1.64. The van der Waals surface area contributed by atoms with Crippen LogP contribution in [0.25, 0.3) is 0 Å². The fraction of sp³-hybridized carbons (Fsp3) is 0.375.